The summed E-state index contributed by atoms with van der Waals surface area (Å²) >= 11 is 0. The minimum atomic E-state index is -0.398. The lowest BCUT2D eigenvalue weighted by Gasteiger charge is -2.31. The Morgan fingerprint density at radius 2 is 2.11 bits per heavy atom. The van der Waals surface area contributed by atoms with Crippen molar-refractivity contribution >= 4 is 5.91 Å². The fourth-order valence-electron chi connectivity index (χ4n) is 2.39. The van der Waals surface area contributed by atoms with E-state index in [2.05, 4.69) is 15.3 Å². The highest BCUT2D eigenvalue weighted by Crippen LogP contribution is 2.37. The molecule has 2 aliphatic carbocycles. The molecular weight excluding hydrogens is 246 g/mol. The van der Waals surface area contributed by atoms with Gasteiger partial charge in [-0.15, -0.1) is 0 Å². The van der Waals surface area contributed by atoms with Gasteiger partial charge in [-0.3, -0.25) is 9.59 Å². The van der Waals surface area contributed by atoms with Gasteiger partial charge in [-0.2, -0.15) is 0 Å². The minimum absolute atomic E-state index is 0.0376. The van der Waals surface area contributed by atoms with Crippen molar-refractivity contribution in [2.24, 2.45) is 0 Å². The Kier molecular flexibility index (Phi) is 2.89. The SMILES string of the molecule is Cc1nc(C2CC2)[nH]c(=O)c1C(=O)NC1CC(O)C1. The summed E-state index contributed by atoms with van der Waals surface area (Å²) in [6.45, 7) is 1.69. The van der Waals surface area contributed by atoms with Crippen LogP contribution in [0.3, 0.4) is 0 Å². The molecule has 2 aliphatic rings. The zero-order valence-electron chi connectivity index (χ0n) is 10.8. The molecule has 1 aromatic heterocycles. The molecule has 19 heavy (non-hydrogen) atoms. The maximum atomic E-state index is 12.0. The highest BCUT2D eigenvalue weighted by molar-refractivity contribution is 5.95. The average molecular weight is 263 g/mol. The van der Waals surface area contributed by atoms with Gasteiger partial charge in [0.25, 0.3) is 11.5 Å². The van der Waals surface area contributed by atoms with E-state index in [-0.39, 0.29) is 23.3 Å². The second kappa shape index (κ2) is 4.45. The van der Waals surface area contributed by atoms with Crippen molar-refractivity contribution in [1.82, 2.24) is 15.3 Å². The number of aromatic amines is 1. The molecule has 0 unspecified atom stereocenters. The van der Waals surface area contributed by atoms with E-state index >= 15 is 0 Å². The molecule has 0 atom stereocenters. The highest BCUT2D eigenvalue weighted by atomic mass is 16.3. The molecular formula is C13H17N3O3. The smallest absolute Gasteiger partial charge is 0.264 e. The lowest BCUT2D eigenvalue weighted by atomic mass is 9.89. The van der Waals surface area contributed by atoms with Gasteiger partial charge in [0.15, 0.2) is 0 Å². The van der Waals surface area contributed by atoms with Gasteiger partial charge in [0.05, 0.1) is 11.8 Å². The van der Waals surface area contributed by atoms with Gasteiger partial charge in [-0.1, -0.05) is 0 Å². The van der Waals surface area contributed by atoms with Gasteiger partial charge in [-0.05, 0) is 32.6 Å². The number of aromatic nitrogens is 2. The number of amides is 1. The lowest BCUT2D eigenvalue weighted by Crippen LogP contribution is -2.48. The fraction of sp³-hybridized carbons (Fsp3) is 0.615. The second-order valence-electron chi connectivity index (χ2n) is 5.48. The van der Waals surface area contributed by atoms with Crippen molar-refractivity contribution < 1.29 is 9.90 Å². The van der Waals surface area contributed by atoms with Crippen LogP contribution in [0.5, 0.6) is 0 Å². The van der Waals surface area contributed by atoms with Crippen LogP contribution in [0.4, 0.5) is 0 Å². The van der Waals surface area contributed by atoms with E-state index in [1.807, 2.05) is 0 Å². The maximum absolute atomic E-state index is 12.0. The van der Waals surface area contributed by atoms with E-state index in [9.17, 15) is 14.7 Å². The summed E-state index contributed by atoms with van der Waals surface area (Å²) in [5.74, 6) is 0.647. The second-order valence-corrected chi connectivity index (χ2v) is 5.48. The number of rotatable bonds is 3. The highest BCUT2D eigenvalue weighted by Gasteiger charge is 2.31. The molecule has 2 saturated carbocycles. The van der Waals surface area contributed by atoms with Crippen molar-refractivity contribution in [3.8, 4) is 0 Å². The Hall–Kier alpha value is -1.69. The van der Waals surface area contributed by atoms with Crippen LogP contribution in [0.2, 0.25) is 0 Å². The normalized spacial score (nSPS) is 25.8. The molecule has 2 fully saturated rings. The number of nitrogens with one attached hydrogen (secondary N) is 2. The van der Waals surface area contributed by atoms with E-state index in [0.29, 0.717) is 30.3 Å². The van der Waals surface area contributed by atoms with Gasteiger partial charge < -0.3 is 15.4 Å². The summed E-state index contributed by atoms with van der Waals surface area (Å²) < 4.78 is 0. The van der Waals surface area contributed by atoms with Gasteiger partial charge in [0.2, 0.25) is 0 Å². The number of hydrogen-bond acceptors (Lipinski definition) is 4. The quantitative estimate of drug-likeness (QED) is 0.726. The third-order valence-electron chi connectivity index (χ3n) is 3.76. The fourth-order valence-corrected chi connectivity index (χ4v) is 2.39. The number of carbonyl (C=O) groups is 1. The largest absolute Gasteiger partial charge is 0.393 e. The predicted molar refractivity (Wildman–Crippen MR) is 68.1 cm³/mol. The Bertz CT molecular complexity index is 571. The van der Waals surface area contributed by atoms with E-state index in [1.54, 1.807) is 6.92 Å². The predicted octanol–water partition coefficient (Wildman–Crippen LogP) is 0.209. The van der Waals surface area contributed by atoms with Gasteiger partial charge >= 0.3 is 0 Å². The topological polar surface area (TPSA) is 95.1 Å². The first kappa shape index (κ1) is 12.3. The third kappa shape index (κ3) is 2.40. The van der Waals surface area contributed by atoms with Crippen LogP contribution in [0.15, 0.2) is 4.79 Å². The molecule has 1 amide bonds. The monoisotopic (exact) mass is 263 g/mol. The molecule has 0 radical (unpaired) electrons. The van der Waals surface area contributed by atoms with Crippen LogP contribution >= 0.6 is 0 Å². The summed E-state index contributed by atoms with van der Waals surface area (Å²) in [4.78, 5) is 31.0. The molecule has 1 heterocycles. The molecule has 0 aromatic carbocycles. The van der Waals surface area contributed by atoms with Gasteiger partial charge in [0.1, 0.15) is 11.4 Å². The van der Waals surface area contributed by atoms with Crippen molar-refractivity contribution in [1.29, 1.82) is 0 Å². The van der Waals surface area contributed by atoms with Crippen LogP contribution < -0.4 is 10.9 Å². The third-order valence-corrected chi connectivity index (χ3v) is 3.76. The molecule has 0 aliphatic heterocycles. The number of H-pyrrole nitrogens is 1. The summed E-state index contributed by atoms with van der Waals surface area (Å²) in [6.07, 6.45) is 2.87. The molecule has 1 aromatic rings. The standard InChI is InChI=1S/C13H17N3O3/c1-6-10(12(18)15-8-4-9(17)5-8)13(19)16-11(14-6)7-2-3-7/h7-9,17H,2-5H2,1H3,(H,15,18)(H,14,16,19). The number of aryl methyl sites for hydroxylation is 1. The van der Waals surface area contributed by atoms with E-state index in [4.69, 9.17) is 0 Å². The van der Waals surface area contributed by atoms with Crippen molar-refractivity contribution in [3.63, 3.8) is 0 Å². The Labute approximate surface area is 110 Å². The summed E-state index contributed by atoms with van der Waals surface area (Å²) in [5.41, 5.74) is 0.195. The Balaban J connectivity index is 1.79. The van der Waals surface area contributed by atoms with Crippen LogP contribution in [-0.2, 0) is 0 Å². The van der Waals surface area contributed by atoms with Crippen LogP contribution in [0, 0.1) is 6.92 Å². The summed E-state index contributed by atoms with van der Waals surface area (Å²) in [5, 5.41) is 11.9. The van der Waals surface area contributed by atoms with E-state index in [1.165, 1.54) is 0 Å². The first-order valence-electron chi connectivity index (χ1n) is 6.64. The van der Waals surface area contributed by atoms with E-state index in [0.717, 1.165) is 12.8 Å². The minimum Gasteiger partial charge on any atom is -0.393 e. The van der Waals surface area contributed by atoms with Crippen molar-refractivity contribution in [2.75, 3.05) is 0 Å². The van der Waals surface area contributed by atoms with Gasteiger partial charge in [0, 0.05) is 12.0 Å². The first-order valence-corrected chi connectivity index (χ1v) is 6.64. The average Bonchev–Trinajstić information content (AvgIpc) is 3.09. The van der Waals surface area contributed by atoms with E-state index < -0.39 is 5.91 Å². The van der Waals surface area contributed by atoms with Crippen LogP contribution in [0.25, 0.3) is 0 Å². The molecule has 0 bridgehead atoms. The van der Waals surface area contributed by atoms with Crippen LogP contribution in [-0.4, -0.2) is 33.1 Å². The first-order chi connectivity index (χ1) is 9.04. The van der Waals surface area contributed by atoms with Gasteiger partial charge in [-0.25, -0.2) is 4.98 Å². The molecule has 0 saturated heterocycles. The number of aliphatic hydroxyl groups is 1. The number of nitrogens with zero attached hydrogens (tertiary/aromatic N) is 1. The molecule has 3 rings (SSSR count). The lowest BCUT2D eigenvalue weighted by molar-refractivity contribution is 0.0561. The maximum Gasteiger partial charge on any atom is 0.264 e. The molecule has 3 N–H and O–H groups in total. The molecule has 0 spiro atoms. The van der Waals surface area contributed by atoms with Crippen molar-refractivity contribution in [2.45, 2.75) is 50.7 Å². The number of carbonyl (C=O) groups excluding carboxylic acids is 1. The van der Waals surface area contributed by atoms with Crippen LogP contribution in [0.1, 0.15) is 53.5 Å². The zero-order valence-corrected chi connectivity index (χ0v) is 10.8. The Morgan fingerprint density at radius 3 is 2.63 bits per heavy atom. The number of hydrogen-bond donors (Lipinski definition) is 3. The zero-order chi connectivity index (χ0) is 13.6. The summed E-state index contributed by atoms with van der Waals surface area (Å²) in [7, 11) is 0. The number of aliphatic hydroxyl groups excluding tert-OH is 1. The Morgan fingerprint density at radius 1 is 1.42 bits per heavy atom. The molecule has 102 valence electrons. The molecule has 6 heteroatoms. The summed E-state index contributed by atoms with van der Waals surface area (Å²) in [6, 6.07) is -0.0376. The molecule has 6 nitrogen and oxygen atoms in total. The van der Waals surface area contributed by atoms with Crippen molar-refractivity contribution in [3.05, 3.63) is 27.4 Å².